The molecule has 0 unspecified atom stereocenters. The van der Waals surface area contributed by atoms with E-state index in [4.69, 9.17) is 0 Å². The molecule has 1 saturated heterocycles. The molecule has 4 rings (SSSR count). The molecule has 0 radical (unpaired) electrons. The number of benzene rings is 2. The second-order valence-corrected chi connectivity index (χ2v) is 9.39. The Morgan fingerprint density at radius 2 is 1.83 bits per heavy atom. The van der Waals surface area contributed by atoms with Crippen LogP contribution >= 0.6 is 11.8 Å². The molecule has 0 spiro atoms. The molecule has 0 saturated carbocycles. The number of halogens is 2. The van der Waals surface area contributed by atoms with E-state index in [1.807, 2.05) is 0 Å². The zero-order chi connectivity index (χ0) is 20.8. The average Bonchev–Trinajstić information content (AvgIpc) is 3.32. The Morgan fingerprint density at radius 1 is 1.14 bits per heavy atom. The minimum Gasteiger partial charge on any atom is -0.333 e. The zero-order valence-electron chi connectivity index (χ0n) is 14.8. The molecular weight excluding hydrogens is 426 g/mol. The first kappa shape index (κ1) is 19.7. The summed E-state index contributed by atoms with van der Waals surface area (Å²) in [7, 11) is -3.80. The highest BCUT2D eigenvalue weighted by Crippen LogP contribution is 2.36. The van der Waals surface area contributed by atoms with Crippen LogP contribution in [0.15, 0.2) is 45.3 Å². The summed E-state index contributed by atoms with van der Waals surface area (Å²) >= 11 is 0.870. The number of H-pyrrole nitrogens is 1. The number of aromatic nitrogens is 2. The molecule has 3 aromatic rings. The molecule has 152 valence electrons. The predicted molar refractivity (Wildman–Crippen MR) is 101 cm³/mol. The lowest BCUT2D eigenvalue weighted by molar-refractivity contribution is -0.388. The van der Waals surface area contributed by atoms with E-state index in [0.29, 0.717) is 13.1 Å². The maximum atomic E-state index is 13.4. The van der Waals surface area contributed by atoms with E-state index in [1.165, 1.54) is 16.4 Å². The lowest BCUT2D eigenvalue weighted by Crippen LogP contribution is -2.27. The van der Waals surface area contributed by atoms with Crippen molar-refractivity contribution in [1.82, 2.24) is 14.3 Å². The number of nitro groups is 1. The van der Waals surface area contributed by atoms with Crippen molar-refractivity contribution < 1.29 is 22.1 Å². The number of aromatic amines is 1. The Balaban J connectivity index is 1.70. The van der Waals surface area contributed by atoms with Gasteiger partial charge in [-0.2, -0.15) is 4.31 Å². The number of nitro benzene ring substituents is 1. The first-order chi connectivity index (χ1) is 13.8. The van der Waals surface area contributed by atoms with Crippen molar-refractivity contribution in [3.05, 3.63) is 52.1 Å². The van der Waals surface area contributed by atoms with Crippen molar-refractivity contribution in [3.8, 4) is 0 Å². The predicted octanol–water partition coefficient (Wildman–Crippen LogP) is 3.69. The van der Waals surface area contributed by atoms with Crippen LogP contribution in [0.2, 0.25) is 0 Å². The van der Waals surface area contributed by atoms with Crippen LogP contribution in [-0.4, -0.2) is 40.7 Å². The number of nitrogens with one attached hydrogen (secondary N) is 1. The van der Waals surface area contributed by atoms with Crippen LogP contribution in [0.4, 0.5) is 14.5 Å². The van der Waals surface area contributed by atoms with Gasteiger partial charge < -0.3 is 4.98 Å². The number of nitrogens with zero attached hydrogens (tertiary/aromatic N) is 3. The largest absolute Gasteiger partial charge is 0.333 e. The van der Waals surface area contributed by atoms with Gasteiger partial charge in [-0.05, 0) is 36.7 Å². The van der Waals surface area contributed by atoms with Crippen LogP contribution in [0.25, 0.3) is 11.0 Å². The molecule has 1 aromatic heterocycles. The third-order valence-corrected chi connectivity index (χ3v) is 7.39. The topological polar surface area (TPSA) is 109 Å². The molecule has 1 fully saturated rings. The molecule has 0 amide bonds. The van der Waals surface area contributed by atoms with Gasteiger partial charge in [-0.15, -0.1) is 0 Å². The molecule has 0 bridgehead atoms. The molecule has 1 aliphatic rings. The van der Waals surface area contributed by atoms with Crippen molar-refractivity contribution in [2.24, 2.45) is 0 Å². The van der Waals surface area contributed by atoms with E-state index in [2.05, 4.69) is 9.97 Å². The van der Waals surface area contributed by atoms with Crippen molar-refractivity contribution in [3.63, 3.8) is 0 Å². The van der Waals surface area contributed by atoms with Gasteiger partial charge in [0.1, 0.15) is 0 Å². The minimum atomic E-state index is -3.80. The van der Waals surface area contributed by atoms with Crippen molar-refractivity contribution >= 4 is 38.5 Å². The number of hydrogen-bond donors (Lipinski definition) is 1. The van der Waals surface area contributed by atoms with Gasteiger partial charge in [0.15, 0.2) is 16.8 Å². The molecular formula is C17H14F2N4O4S2. The fraction of sp³-hybridized carbons (Fsp3) is 0.235. The van der Waals surface area contributed by atoms with Gasteiger partial charge in [0.2, 0.25) is 10.0 Å². The smallest absolute Gasteiger partial charge is 0.284 e. The lowest BCUT2D eigenvalue weighted by Gasteiger charge is -2.15. The van der Waals surface area contributed by atoms with Gasteiger partial charge in [0.05, 0.1) is 25.7 Å². The SMILES string of the molecule is O=[N+]([O-])c1cc(S(=O)(=O)N2CCCC2)ccc1Sc1nc2cc(F)c(F)cc2[nH]1. The fourth-order valence-corrected chi connectivity index (χ4v) is 5.52. The Labute approximate surface area is 168 Å². The Kier molecular flexibility index (Phi) is 5.00. The highest BCUT2D eigenvalue weighted by molar-refractivity contribution is 7.99. The van der Waals surface area contributed by atoms with Crippen LogP contribution < -0.4 is 0 Å². The quantitative estimate of drug-likeness (QED) is 0.479. The normalized spacial score (nSPS) is 15.2. The summed E-state index contributed by atoms with van der Waals surface area (Å²) in [5, 5.41) is 11.7. The first-order valence-electron chi connectivity index (χ1n) is 8.57. The van der Waals surface area contributed by atoms with E-state index < -0.39 is 32.3 Å². The van der Waals surface area contributed by atoms with Gasteiger partial charge in [-0.1, -0.05) is 0 Å². The van der Waals surface area contributed by atoms with Gasteiger partial charge >= 0.3 is 0 Å². The fourth-order valence-electron chi connectivity index (χ4n) is 3.10. The average molecular weight is 440 g/mol. The first-order valence-corrected chi connectivity index (χ1v) is 10.8. The highest BCUT2D eigenvalue weighted by atomic mass is 32.2. The van der Waals surface area contributed by atoms with E-state index in [0.717, 1.165) is 42.8 Å². The Morgan fingerprint density at radius 3 is 2.52 bits per heavy atom. The number of fused-ring (bicyclic) bond motifs is 1. The molecule has 0 aliphatic carbocycles. The van der Waals surface area contributed by atoms with Crippen LogP contribution in [0, 0.1) is 21.7 Å². The summed E-state index contributed by atoms with van der Waals surface area (Å²) < 4.78 is 53.4. The highest BCUT2D eigenvalue weighted by Gasteiger charge is 2.29. The Bertz CT molecular complexity index is 1180. The third kappa shape index (κ3) is 3.70. The van der Waals surface area contributed by atoms with Crippen molar-refractivity contribution in [2.45, 2.75) is 27.8 Å². The van der Waals surface area contributed by atoms with Gasteiger partial charge in [-0.3, -0.25) is 10.1 Å². The lowest BCUT2D eigenvalue weighted by atomic mass is 10.3. The van der Waals surface area contributed by atoms with Crippen LogP contribution in [-0.2, 0) is 10.0 Å². The standard InChI is InChI=1S/C17H14F2N4O4S2/c18-11-8-13-14(9-12(11)19)21-17(20-13)28-16-4-3-10(7-15(16)23(24)25)29(26,27)22-5-1-2-6-22/h3-4,7-9H,1-2,5-6H2,(H,20,21). The summed E-state index contributed by atoms with van der Waals surface area (Å²) in [6.45, 7) is 0.775. The van der Waals surface area contributed by atoms with Crippen LogP contribution in [0.5, 0.6) is 0 Å². The maximum absolute atomic E-state index is 13.4. The molecule has 8 nitrogen and oxygen atoms in total. The van der Waals surface area contributed by atoms with E-state index in [-0.39, 0.29) is 26.0 Å². The molecule has 2 heterocycles. The third-order valence-electron chi connectivity index (χ3n) is 4.54. The van der Waals surface area contributed by atoms with E-state index in [1.54, 1.807) is 0 Å². The van der Waals surface area contributed by atoms with E-state index in [9.17, 15) is 27.3 Å². The van der Waals surface area contributed by atoms with Crippen LogP contribution in [0.1, 0.15) is 12.8 Å². The van der Waals surface area contributed by atoms with Crippen molar-refractivity contribution in [1.29, 1.82) is 0 Å². The number of imidazole rings is 1. The maximum Gasteiger partial charge on any atom is 0.284 e. The van der Waals surface area contributed by atoms with Crippen LogP contribution in [0.3, 0.4) is 0 Å². The molecule has 1 aliphatic heterocycles. The zero-order valence-corrected chi connectivity index (χ0v) is 16.4. The molecule has 12 heteroatoms. The Hall–Kier alpha value is -2.57. The summed E-state index contributed by atoms with van der Waals surface area (Å²) in [6.07, 6.45) is 1.50. The number of hydrogen-bond acceptors (Lipinski definition) is 6. The molecule has 0 atom stereocenters. The van der Waals surface area contributed by atoms with Gasteiger partial charge in [0.25, 0.3) is 5.69 Å². The minimum absolute atomic E-state index is 0.148. The monoisotopic (exact) mass is 440 g/mol. The number of rotatable bonds is 5. The molecule has 1 N–H and O–H groups in total. The second kappa shape index (κ2) is 7.35. The summed E-state index contributed by atoms with van der Waals surface area (Å²) in [6, 6.07) is 5.54. The number of sulfonamides is 1. The molecule has 29 heavy (non-hydrogen) atoms. The summed E-state index contributed by atoms with van der Waals surface area (Å²) in [4.78, 5) is 17.7. The summed E-state index contributed by atoms with van der Waals surface area (Å²) in [5.74, 6) is -2.09. The van der Waals surface area contributed by atoms with Gasteiger partial charge in [-0.25, -0.2) is 22.2 Å². The van der Waals surface area contributed by atoms with E-state index >= 15 is 0 Å². The van der Waals surface area contributed by atoms with Gasteiger partial charge in [0, 0.05) is 31.3 Å². The summed E-state index contributed by atoms with van der Waals surface area (Å²) in [5.41, 5.74) is 0.0117. The molecule has 2 aromatic carbocycles. The van der Waals surface area contributed by atoms with Crippen molar-refractivity contribution in [2.75, 3.05) is 13.1 Å². The second-order valence-electron chi connectivity index (χ2n) is 6.43.